The molecule has 2 heterocycles. The van der Waals surface area contributed by atoms with Gasteiger partial charge in [0.15, 0.2) is 34.9 Å². The molecule has 2 saturated heterocycles. The Kier molecular flexibility index (Phi) is 28.4. The molecule has 0 aromatic heterocycles. The van der Waals surface area contributed by atoms with Crippen LogP contribution in [0.15, 0.2) is 53.0 Å². The summed E-state index contributed by atoms with van der Waals surface area (Å²) in [5.74, 6) is -17.3. The van der Waals surface area contributed by atoms with Gasteiger partial charge in [-0.3, -0.25) is 4.79 Å². The SMILES string of the molecule is CCCC1CCC(C2CCC(=O)CC2)OC1.CCCC1CCC(C2CCC(O)(c3cc(F)c(C(F)(F)Oc4cc(F)c(F)c(F)c4)c(F)c3)CC2)OC1.C[CH-]C.Fc1cc(OC(F)(F)c2c(F)cc(Br)cc2F)cc(F)c1F.[Cl-].[Mg+2]. The molecule has 4 atom stereocenters. The molecule has 4 unspecified atom stereocenters. The van der Waals surface area contributed by atoms with Gasteiger partial charge in [0.25, 0.3) is 0 Å². The van der Waals surface area contributed by atoms with Crippen LogP contribution in [0.2, 0.25) is 0 Å². The normalized spacial score (nSPS) is 22.4. The predicted octanol–water partition coefficient (Wildman–Crippen LogP) is 14.0. The predicted molar refractivity (Wildman–Crippen MR) is 271 cm³/mol. The van der Waals surface area contributed by atoms with E-state index in [1.807, 2.05) is 20.3 Å². The number of alkyl halides is 4. The Morgan fingerprint density at radius 1 is 0.575 bits per heavy atom. The van der Waals surface area contributed by atoms with Crippen LogP contribution in [0.1, 0.15) is 147 Å². The van der Waals surface area contributed by atoms with Gasteiger partial charge in [-0.2, -0.15) is 31.4 Å². The van der Waals surface area contributed by atoms with Crippen molar-refractivity contribution in [3.05, 3.63) is 134 Å². The van der Waals surface area contributed by atoms with E-state index in [-0.39, 0.29) is 94.6 Å². The molecule has 0 bridgehead atoms. The van der Waals surface area contributed by atoms with E-state index < -0.39 is 98.6 Å². The number of ether oxygens (including phenoxy) is 4. The van der Waals surface area contributed by atoms with Crippen molar-refractivity contribution in [2.75, 3.05) is 13.2 Å². The fourth-order valence-corrected chi connectivity index (χ4v) is 10.7. The van der Waals surface area contributed by atoms with Gasteiger partial charge in [-0.1, -0.05) is 42.6 Å². The molecular formula is C57H64BrClF14MgO6. The van der Waals surface area contributed by atoms with Crippen LogP contribution in [0.3, 0.4) is 0 Å². The van der Waals surface area contributed by atoms with E-state index in [9.17, 15) is 71.4 Å². The number of hydrogen-bond donors (Lipinski definition) is 1. The Morgan fingerprint density at radius 3 is 1.24 bits per heavy atom. The number of halogens is 16. The summed E-state index contributed by atoms with van der Waals surface area (Å²) in [7, 11) is 0. The van der Waals surface area contributed by atoms with E-state index in [2.05, 4.69) is 39.3 Å². The maximum absolute atomic E-state index is 14.8. The van der Waals surface area contributed by atoms with Gasteiger partial charge < -0.3 is 42.9 Å². The summed E-state index contributed by atoms with van der Waals surface area (Å²) in [6.45, 7) is 10.0. The van der Waals surface area contributed by atoms with Crippen molar-refractivity contribution >= 4 is 44.8 Å². The smallest absolute Gasteiger partial charge is 1.00 e. The standard InChI is InChI=1S/C27H29F7O3.C14H24O2.C13H4BrF7O.C3H7.ClH.Mg/c1-2-3-15-4-5-23(36-14-15)16-6-8-26(35,9-7-16)17-10-19(28)24(20(29)11-17)27(33,34)37-18-12-21(30)25(32)22(31)13-18;1-2-3-11-4-9-14(16-10-11)12-5-7-13(15)8-6-12;14-5-1-7(15)11(8(16)2-5)13(20,21)22-6-3-9(17)12(19)10(18)4-6;1-3-2;;/h10-13,15-16,23,35H,2-9,14H2,1H3;11-12,14H,2-10H2,1H3;1-4H;3H,1-2H3;1H;/q;;;-1;;+2/p-1. The first kappa shape index (κ1) is 70.9. The van der Waals surface area contributed by atoms with Crippen LogP contribution < -0.4 is 21.9 Å². The van der Waals surface area contributed by atoms with Crippen LogP contribution in [0, 0.1) is 88.3 Å². The maximum Gasteiger partial charge on any atom is 2.00 e. The van der Waals surface area contributed by atoms with Crippen molar-refractivity contribution in [1.82, 2.24) is 0 Å². The number of Topliss-reactive ketones (excluding diaryl/α,β-unsaturated/α-hetero) is 1. The topological polar surface area (TPSA) is 74.2 Å². The molecule has 4 aromatic carbocycles. The van der Waals surface area contributed by atoms with Crippen LogP contribution in [0.25, 0.3) is 0 Å². The van der Waals surface area contributed by atoms with Gasteiger partial charge >= 0.3 is 35.3 Å². The van der Waals surface area contributed by atoms with Gasteiger partial charge in [-0.15, -0.1) is 0 Å². The third kappa shape index (κ3) is 19.3. The first-order valence-electron chi connectivity index (χ1n) is 26.0. The molecule has 442 valence electrons. The summed E-state index contributed by atoms with van der Waals surface area (Å²) in [5.41, 5.74) is -5.35. The van der Waals surface area contributed by atoms with Crippen molar-refractivity contribution in [3.8, 4) is 11.5 Å². The van der Waals surface area contributed by atoms with Crippen molar-refractivity contribution in [2.24, 2.45) is 23.7 Å². The molecule has 0 amide bonds. The Bertz CT molecular complexity index is 2510. The molecule has 6 nitrogen and oxygen atoms in total. The molecule has 4 aromatic rings. The summed E-state index contributed by atoms with van der Waals surface area (Å²) in [4.78, 5) is 11.2. The molecule has 0 radical (unpaired) electrons. The molecule has 80 heavy (non-hydrogen) atoms. The van der Waals surface area contributed by atoms with E-state index >= 15 is 0 Å². The minimum Gasteiger partial charge on any atom is -1.00 e. The number of benzene rings is 4. The minimum absolute atomic E-state index is 0. The van der Waals surface area contributed by atoms with E-state index in [0.29, 0.717) is 67.4 Å². The van der Waals surface area contributed by atoms with E-state index in [1.165, 1.54) is 25.7 Å². The number of rotatable bonds is 13. The first-order chi connectivity index (χ1) is 36.8. The molecule has 4 fully saturated rings. The Balaban J connectivity index is 0.000000332. The summed E-state index contributed by atoms with van der Waals surface area (Å²) in [6.07, 6.45) is 7.80. The Hall–Kier alpha value is -3.41. The van der Waals surface area contributed by atoms with E-state index in [0.717, 1.165) is 63.9 Å². The third-order valence-electron chi connectivity index (χ3n) is 14.3. The summed E-state index contributed by atoms with van der Waals surface area (Å²) in [5, 5.41) is 11.1. The quantitative estimate of drug-likeness (QED) is 0.0622. The fraction of sp³-hybridized carbons (Fsp3) is 0.544. The largest absolute Gasteiger partial charge is 2.00 e. The number of hydrogen-bond acceptors (Lipinski definition) is 6. The Labute approximate surface area is 488 Å². The number of aliphatic hydroxyl groups is 1. The van der Waals surface area contributed by atoms with Gasteiger partial charge in [0.2, 0.25) is 0 Å². The molecule has 2 saturated carbocycles. The molecule has 2 aliphatic heterocycles. The first-order valence-corrected chi connectivity index (χ1v) is 26.8. The van der Waals surface area contributed by atoms with Gasteiger partial charge in [-0.05, 0) is 131 Å². The molecule has 2 aliphatic carbocycles. The van der Waals surface area contributed by atoms with Gasteiger partial charge in [0, 0.05) is 54.8 Å². The fourth-order valence-electron chi connectivity index (χ4n) is 10.3. The van der Waals surface area contributed by atoms with E-state index in [4.69, 9.17) is 9.47 Å². The van der Waals surface area contributed by atoms with Gasteiger partial charge in [-0.25, -0.2) is 43.9 Å². The van der Waals surface area contributed by atoms with Crippen LogP contribution in [-0.2, 0) is 32.1 Å². The second-order valence-electron chi connectivity index (χ2n) is 20.2. The zero-order valence-corrected chi connectivity index (χ0v) is 48.4. The average molecular weight is 1250 g/mol. The molecule has 23 heteroatoms. The van der Waals surface area contributed by atoms with Crippen LogP contribution in [0.5, 0.6) is 11.5 Å². The van der Waals surface area contributed by atoms with Crippen LogP contribution >= 0.6 is 15.9 Å². The number of carbonyl (C=O) groups excluding carboxylic acids is 1. The Morgan fingerprint density at radius 2 is 0.912 bits per heavy atom. The summed E-state index contributed by atoms with van der Waals surface area (Å²) < 4.78 is 212. The van der Waals surface area contributed by atoms with Crippen molar-refractivity contribution in [2.45, 2.75) is 160 Å². The van der Waals surface area contributed by atoms with Crippen molar-refractivity contribution in [1.29, 1.82) is 0 Å². The second kappa shape index (κ2) is 32.0. The minimum atomic E-state index is -4.68. The molecule has 0 spiro atoms. The summed E-state index contributed by atoms with van der Waals surface area (Å²) in [6, 6.07) is 2.88. The number of carbonyl (C=O) groups is 1. The summed E-state index contributed by atoms with van der Waals surface area (Å²) >= 11 is 2.70. The average Bonchev–Trinajstić information content (AvgIpc) is 3.36. The molecule has 1 N–H and O–H groups in total. The molecule has 4 aliphatic rings. The monoisotopic (exact) mass is 1250 g/mol. The third-order valence-corrected chi connectivity index (χ3v) is 14.7. The molecular weight excluding hydrogens is 1190 g/mol. The van der Waals surface area contributed by atoms with Crippen LogP contribution in [0.4, 0.5) is 61.5 Å². The number of ketones is 1. The maximum atomic E-state index is 14.8. The molecule has 8 rings (SSSR count). The van der Waals surface area contributed by atoms with Crippen molar-refractivity contribution < 1.29 is 103 Å². The zero-order chi connectivity index (χ0) is 57.7. The van der Waals surface area contributed by atoms with Gasteiger partial charge in [0.1, 0.15) is 51.7 Å². The van der Waals surface area contributed by atoms with Gasteiger partial charge in [0.05, 0.1) is 17.8 Å². The van der Waals surface area contributed by atoms with Crippen molar-refractivity contribution in [3.63, 3.8) is 0 Å². The van der Waals surface area contributed by atoms with Crippen LogP contribution in [-0.4, -0.2) is 59.4 Å². The second-order valence-corrected chi connectivity index (χ2v) is 21.1. The van der Waals surface area contributed by atoms with E-state index in [1.54, 1.807) is 0 Å². The zero-order valence-electron chi connectivity index (χ0n) is 44.6.